The first-order valence-electron chi connectivity index (χ1n) is 5.23. The zero-order chi connectivity index (χ0) is 11.2. The van der Waals surface area contributed by atoms with E-state index >= 15 is 0 Å². The molecule has 2 aromatic rings. The Kier molecular flexibility index (Phi) is 3.62. The monoisotopic (exact) mass is 218 g/mol. The lowest BCUT2D eigenvalue weighted by molar-refractivity contribution is 0.278. The Morgan fingerprint density at radius 2 is 2.12 bits per heavy atom. The summed E-state index contributed by atoms with van der Waals surface area (Å²) in [5, 5.41) is 8.97. The molecule has 0 fully saturated rings. The van der Waals surface area contributed by atoms with Gasteiger partial charge in [-0.25, -0.2) is 0 Å². The number of benzene rings is 1. The molecule has 2 rings (SSSR count). The van der Waals surface area contributed by atoms with Crippen molar-refractivity contribution in [1.29, 1.82) is 0 Å². The van der Waals surface area contributed by atoms with Crippen LogP contribution in [0.5, 0.6) is 5.75 Å². The number of hydrogen-bond acceptors (Lipinski definition) is 3. The lowest BCUT2D eigenvalue weighted by Gasteiger charge is -2.05. The number of furan rings is 1. The fourth-order valence-corrected chi connectivity index (χ4v) is 1.46. The van der Waals surface area contributed by atoms with Crippen LogP contribution in [-0.2, 0) is 13.0 Å². The second-order valence-corrected chi connectivity index (χ2v) is 3.48. The summed E-state index contributed by atoms with van der Waals surface area (Å²) in [7, 11) is 0. The Morgan fingerprint density at radius 1 is 1.19 bits per heavy atom. The molecule has 0 amide bonds. The van der Waals surface area contributed by atoms with Crippen molar-refractivity contribution in [3.05, 3.63) is 54.0 Å². The van der Waals surface area contributed by atoms with Crippen LogP contribution in [0.3, 0.4) is 0 Å². The Hall–Kier alpha value is -1.74. The Bertz CT molecular complexity index is 421. The highest BCUT2D eigenvalue weighted by Crippen LogP contribution is 2.13. The maximum atomic E-state index is 8.97. The van der Waals surface area contributed by atoms with Crippen molar-refractivity contribution in [2.75, 3.05) is 6.61 Å². The van der Waals surface area contributed by atoms with Crippen LogP contribution in [0.15, 0.2) is 47.1 Å². The van der Waals surface area contributed by atoms with E-state index in [9.17, 15) is 0 Å². The number of ether oxygens (including phenoxy) is 1. The molecule has 0 aliphatic rings. The predicted molar refractivity (Wildman–Crippen MR) is 60.3 cm³/mol. The average molecular weight is 218 g/mol. The molecule has 0 unspecified atom stereocenters. The van der Waals surface area contributed by atoms with Crippen LogP contribution in [0, 0.1) is 0 Å². The Labute approximate surface area is 94.3 Å². The smallest absolute Gasteiger partial charge is 0.119 e. The molecule has 0 saturated heterocycles. The van der Waals surface area contributed by atoms with Crippen LogP contribution in [0.1, 0.15) is 11.3 Å². The van der Waals surface area contributed by atoms with Crippen LogP contribution in [0.2, 0.25) is 0 Å². The number of aliphatic hydroxyl groups excluding tert-OH is 1. The Morgan fingerprint density at radius 3 is 2.88 bits per heavy atom. The lowest BCUT2D eigenvalue weighted by Crippen LogP contribution is -2.00. The van der Waals surface area contributed by atoms with E-state index in [4.69, 9.17) is 14.3 Å². The van der Waals surface area contributed by atoms with Gasteiger partial charge in [0.25, 0.3) is 0 Å². The summed E-state index contributed by atoms with van der Waals surface area (Å²) in [4.78, 5) is 0. The molecule has 3 nitrogen and oxygen atoms in total. The van der Waals surface area contributed by atoms with Crippen LogP contribution in [0.4, 0.5) is 0 Å². The third-order valence-corrected chi connectivity index (χ3v) is 2.28. The molecule has 1 aromatic heterocycles. The van der Waals surface area contributed by atoms with Gasteiger partial charge in [-0.2, -0.15) is 0 Å². The van der Waals surface area contributed by atoms with Crippen LogP contribution in [0.25, 0.3) is 0 Å². The van der Waals surface area contributed by atoms with E-state index < -0.39 is 0 Å². The molecule has 0 aliphatic carbocycles. The molecular weight excluding hydrogens is 204 g/mol. The summed E-state index contributed by atoms with van der Waals surface area (Å²) in [6.45, 7) is 0.609. The molecular formula is C13H14O3. The number of hydrogen-bond donors (Lipinski definition) is 1. The van der Waals surface area contributed by atoms with Crippen molar-refractivity contribution < 1.29 is 14.3 Å². The van der Waals surface area contributed by atoms with Gasteiger partial charge in [0.1, 0.15) is 11.5 Å². The average Bonchev–Trinajstić information content (AvgIpc) is 2.82. The summed E-state index contributed by atoms with van der Waals surface area (Å²) in [6.07, 6.45) is 2.40. The maximum absolute atomic E-state index is 8.97. The van der Waals surface area contributed by atoms with Crippen molar-refractivity contribution in [2.45, 2.75) is 13.0 Å². The number of rotatable bonds is 5. The molecule has 84 valence electrons. The van der Waals surface area contributed by atoms with Gasteiger partial charge in [-0.1, -0.05) is 12.1 Å². The fraction of sp³-hybridized carbons (Fsp3) is 0.231. The molecule has 16 heavy (non-hydrogen) atoms. The van der Waals surface area contributed by atoms with Crippen LogP contribution in [-0.4, -0.2) is 11.7 Å². The normalized spacial score (nSPS) is 10.3. The van der Waals surface area contributed by atoms with Gasteiger partial charge in [0.15, 0.2) is 0 Å². The maximum Gasteiger partial charge on any atom is 0.119 e. The van der Waals surface area contributed by atoms with Crippen LogP contribution >= 0.6 is 0 Å². The van der Waals surface area contributed by atoms with Crippen LogP contribution < -0.4 is 4.74 Å². The highest BCUT2D eigenvalue weighted by Gasteiger charge is 1.98. The summed E-state index contributed by atoms with van der Waals surface area (Å²) in [5.74, 6) is 1.69. The molecule has 1 N–H and O–H groups in total. The first-order chi connectivity index (χ1) is 7.88. The third-order valence-electron chi connectivity index (χ3n) is 2.28. The molecule has 0 aliphatic heterocycles. The van der Waals surface area contributed by atoms with Gasteiger partial charge in [0.2, 0.25) is 0 Å². The van der Waals surface area contributed by atoms with Crippen molar-refractivity contribution in [3.8, 4) is 5.75 Å². The minimum atomic E-state index is 0.0371. The van der Waals surface area contributed by atoms with Gasteiger partial charge in [-0.05, 0) is 29.8 Å². The SMILES string of the molecule is OCc1cccc(OCCc2ccco2)c1. The van der Waals surface area contributed by atoms with Gasteiger partial charge < -0.3 is 14.3 Å². The van der Waals surface area contributed by atoms with Crippen molar-refractivity contribution >= 4 is 0 Å². The van der Waals surface area contributed by atoms with Crippen molar-refractivity contribution in [2.24, 2.45) is 0 Å². The van der Waals surface area contributed by atoms with E-state index in [2.05, 4.69) is 0 Å². The molecule has 0 saturated carbocycles. The number of aliphatic hydroxyl groups is 1. The minimum Gasteiger partial charge on any atom is -0.493 e. The zero-order valence-electron chi connectivity index (χ0n) is 8.93. The first-order valence-corrected chi connectivity index (χ1v) is 5.23. The second-order valence-electron chi connectivity index (χ2n) is 3.48. The molecule has 0 atom stereocenters. The van der Waals surface area contributed by atoms with E-state index in [-0.39, 0.29) is 6.61 Å². The molecule has 0 spiro atoms. The largest absolute Gasteiger partial charge is 0.493 e. The molecule has 0 bridgehead atoms. The zero-order valence-corrected chi connectivity index (χ0v) is 8.93. The van der Waals surface area contributed by atoms with Gasteiger partial charge in [-0.15, -0.1) is 0 Å². The van der Waals surface area contributed by atoms with Crippen molar-refractivity contribution in [1.82, 2.24) is 0 Å². The van der Waals surface area contributed by atoms with Gasteiger partial charge in [0.05, 0.1) is 19.5 Å². The second kappa shape index (κ2) is 5.37. The summed E-state index contributed by atoms with van der Waals surface area (Å²) in [5.41, 5.74) is 0.857. The van der Waals surface area contributed by atoms with E-state index in [0.29, 0.717) is 6.61 Å². The van der Waals surface area contributed by atoms with E-state index in [1.165, 1.54) is 0 Å². The van der Waals surface area contributed by atoms with Crippen molar-refractivity contribution in [3.63, 3.8) is 0 Å². The minimum absolute atomic E-state index is 0.0371. The van der Waals surface area contributed by atoms with Gasteiger partial charge in [0, 0.05) is 6.42 Å². The van der Waals surface area contributed by atoms with E-state index in [1.807, 2.05) is 36.4 Å². The van der Waals surface area contributed by atoms with E-state index in [0.717, 1.165) is 23.5 Å². The van der Waals surface area contributed by atoms with Gasteiger partial charge in [-0.3, -0.25) is 0 Å². The topological polar surface area (TPSA) is 42.6 Å². The molecule has 0 radical (unpaired) electrons. The molecule has 1 aromatic carbocycles. The van der Waals surface area contributed by atoms with Gasteiger partial charge >= 0.3 is 0 Å². The van der Waals surface area contributed by atoms with E-state index in [1.54, 1.807) is 6.26 Å². The summed E-state index contributed by atoms with van der Waals surface area (Å²) in [6, 6.07) is 11.2. The fourth-order valence-electron chi connectivity index (χ4n) is 1.46. The standard InChI is InChI=1S/C13H14O3/c14-10-11-3-1-4-13(9-11)16-8-6-12-5-2-7-15-12/h1-5,7,9,14H,6,8,10H2. The highest BCUT2D eigenvalue weighted by atomic mass is 16.5. The molecule has 3 heteroatoms. The first kappa shape index (κ1) is 10.8. The lowest BCUT2D eigenvalue weighted by atomic mass is 10.2. The third kappa shape index (κ3) is 2.87. The quantitative estimate of drug-likeness (QED) is 0.837. The summed E-state index contributed by atoms with van der Waals surface area (Å²) < 4.78 is 10.7. The Balaban J connectivity index is 1.85. The molecule has 1 heterocycles. The summed E-state index contributed by atoms with van der Waals surface area (Å²) >= 11 is 0. The highest BCUT2D eigenvalue weighted by molar-refractivity contribution is 5.27. The predicted octanol–water partition coefficient (Wildman–Crippen LogP) is 2.39.